The first-order chi connectivity index (χ1) is 15.2. The quantitative estimate of drug-likeness (QED) is 0.662. The summed E-state index contributed by atoms with van der Waals surface area (Å²) in [7, 11) is -3.30. The van der Waals surface area contributed by atoms with Gasteiger partial charge in [0.05, 0.1) is 21.8 Å². The number of ether oxygens (including phenoxy) is 1. The molecule has 32 heavy (non-hydrogen) atoms. The highest BCUT2D eigenvalue weighted by Crippen LogP contribution is 2.24. The molecule has 0 radical (unpaired) electrons. The van der Waals surface area contributed by atoms with Crippen molar-refractivity contribution in [3.8, 4) is 17.2 Å². The Kier molecular flexibility index (Phi) is 7.34. The van der Waals surface area contributed by atoms with Crippen molar-refractivity contribution in [2.45, 2.75) is 54.8 Å². The van der Waals surface area contributed by atoms with Gasteiger partial charge < -0.3 is 15.8 Å². The zero-order chi connectivity index (χ0) is 23.4. The van der Waals surface area contributed by atoms with Crippen molar-refractivity contribution < 1.29 is 17.9 Å². The predicted octanol–water partition coefficient (Wildman–Crippen LogP) is 2.59. The summed E-state index contributed by atoms with van der Waals surface area (Å²) in [5, 5.41) is 11.8. The highest BCUT2D eigenvalue weighted by molar-refractivity contribution is 7.92. The van der Waals surface area contributed by atoms with Gasteiger partial charge in [0.2, 0.25) is 5.91 Å². The maximum Gasteiger partial charge on any atom is 0.241 e. The second-order valence-electron chi connectivity index (χ2n) is 8.44. The molecule has 1 aliphatic heterocycles. The lowest BCUT2D eigenvalue weighted by molar-refractivity contribution is -0.130. The van der Waals surface area contributed by atoms with Crippen LogP contribution in [-0.2, 0) is 25.8 Å². The Morgan fingerprint density at radius 1 is 1.09 bits per heavy atom. The van der Waals surface area contributed by atoms with Crippen LogP contribution in [0, 0.1) is 11.3 Å². The van der Waals surface area contributed by atoms with Crippen LogP contribution in [0.3, 0.4) is 0 Å². The van der Waals surface area contributed by atoms with Crippen molar-refractivity contribution in [2.75, 3.05) is 13.2 Å². The van der Waals surface area contributed by atoms with Crippen LogP contribution in [0.5, 0.6) is 0 Å². The zero-order valence-electron chi connectivity index (χ0n) is 18.4. The number of hydrogen-bond acceptors (Lipinski definition) is 6. The Bertz CT molecular complexity index is 1080. The summed E-state index contributed by atoms with van der Waals surface area (Å²) in [5.41, 5.74) is 7.94. The van der Waals surface area contributed by atoms with Gasteiger partial charge in [-0.25, -0.2) is 8.42 Å². The monoisotopic (exact) mass is 455 g/mol. The number of hydrogen-bond donors (Lipinski definition) is 2. The van der Waals surface area contributed by atoms with Gasteiger partial charge in [0, 0.05) is 19.6 Å². The molecule has 1 unspecified atom stereocenters. The maximum absolute atomic E-state index is 12.6. The van der Waals surface area contributed by atoms with E-state index in [-0.39, 0.29) is 5.91 Å². The number of nitriles is 1. The third-order valence-electron chi connectivity index (χ3n) is 5.83. The van der Waals surface area contributed by atoms with Gasteiger partial charge in [0.1, 0.15) is 6.04 Å². The van der Waals surface area contributed by atoms with E-state index in [0.29, 0.717) is 37.4 Å². The van der Waals surface area contributed by atoms with Gasteiger partial charge in [-0.3, -0.25) is 4.79 Å². The molecular formula is C24H29N3O4S. The highest BCUT2D eigenvalue weighted by Gasteiger charge is 2.36. The van der Waals surface area contributed by atoms with Crippen molar-refractivity contribution in [2.24, 2.45) is 5.73 Å². The topological polar surface area (TPSA) is 122 Å². The fourth-order valence-corrected chi connectivity index (χ4v) is 4.63. The van der Waals surface area contributed by atoms with E-state index in [1.54, 1.807) is 38.1 Å². The molecule has 1 aliphatic rings. The van der Waals surface area contributed by atoms with E-state index in [1.807, 2.05) is 24.3 Å². The molecule has 8 heteroatoms. The largest absolute Gasteiger partial charge is 0.381 e. The van der Waals surface area contributed by atoms with Gasteiger partial charge in [0.25, 0.3) is 0 Å². The Labute approximate surface area is 189 Å². The van der Waals surface area contributed by atoms with E-state index >= 15 is 0 Å². The van der Waals surface area contributed by atoms with Crippen LogP contribution in [-0.4, -0.2) is 44.4 Å². The van der Waals surface area contributed by atoms with Crippen LogP contribution in [0.4, 0.5) is 0 Å². The lowest BCUT2D eigenvalue weighted by atomic mass is 9.90. The molecule has 0 spiro atoms. The number of amides is 1. The van der Waals surface area contributed by atoms with Crippen LogP contribution >= 0.6 is 0 Å². The number of nitrogens with one attached hydrogen (secondary N) is 1. The van der Waals surface area contributed by atoms with Crippen LogP contribution in [0.15, 0.2) is 53.4 Å². The maximum atomic E-state index is 12.6. The molecule has 0 saturated carbocycles. The van der Waals surface area contributed by atoms with Gasteiger partial charge in [-0.15, -0.1) is 0 Å². The Balaban J connectivity index is 1.66. The number of sulfone groups is 1. The fourth-order valence-electron chi connectivity index (χ4n) is 3.57. The lowest BCUT2D eigenvalue weighted by Gasteiger charge is -2.32. The number of carbonyl (C=O) groups excluding carboxylic acids is 1. The molecule has 1 fully saturated rings. The normalized spacial score (nSPS) is 16.8. The SMILES string of the molecule is CC(C)S(=O)(=O)c1ccc(-c2ccc(CC(C#N)NC(=O)C3(N)CCOCC3)cc2)cc1. The molecule has 2 aromatic rings. The molecule has 1 amide bonds. The minimum atomic E-state index is -3.30. The second-order valence-corrected chi connectivity index (χ2v) is 10.9. The molecule has 7 nitrogen and oxygen atoms in total. The van der Waals surface area contributed by atoms with Gasteiger partial charge in [-0.1, -0.05) is 36.4 Å². The summed E-state index contributed by atoms with van der Waals surface area (Å²) in [4.78, 5) is 12.9. The standard InChI is InChI=1S/C24H29N3O4S/c1-17(2)32(29,30)22-9-7-20(8-10-22)19-5-3-18(4-6-19)15-21(16-25)27-23(28)24(26)11-13-31-14-12-24/h3-10,17,21H,11-15,26H2,1-2H3,(H,27,28). The highest BCUT2D eigenvalue weighted by atomic mass is 32.2. The summed E-state index contributed by atoms with van der Waals surface area (Å²) < 4.78 is 29.8. The summed E-state index contributed by atoms with van der Waals surface area (Å²) in [6.07, 6.45) is 1.23. The Hall–Kier alpha value is -2.73. The van der Waals surface area contributed by atoms with Crippen molar-refractivity contribution in [1.82, 2.24) is 5.32 Å². The number of benzene rings is 2. The molecule has 1 heterocycles. The molecule has 170 valence electrons. The van der Waals surface area contributed by atoms with Crippen LogP contribution in [0.25, 0.3) is 11.1 Å². The number of nitrogens with two attached hydrogens (primary N) is 1. The molecule has 0 bridgehead atoms. The molecular weight excluding hydrogens is 426 g/mol. The molecule has 0 aromatic heterocycles. The van der Waals surface area contributed by atoms with Crippen LogP contribution in [0.1, 0.15) is 32.3 Å². The Morgan fingerprint density at radius 3 is 2.12 bits per heavy atom. The predicted molar refractivity (Wildman–Crippen MR) is 122 cm³/mol. The summed E-state index contributed by atoms with van der Waals surface area (Å²) in [6, 6.07) is 15.9. The second kappa shape index (κ2) is 9.82. The lowest BCUT2D eigenvalue weighted by Crippen LogP contribution is -2.58. The smallest absolute Gasteiger partial charge is 0.241 e. The number of nitrogens with zero attached hydrogens (tertiary/aromatic N) is 1. The van der Waals surface area contributed by atoms with Crippen molar-refractivity contribution in [3.63, 3.8) is 0 Å². The minimum Gasteiger partial charge on any atom is -0.381 e. The van der Waals surface area contributed by atoms with Crippen molar-refractivity contribution >= 4 is 15.7 Å². The minimum absolute atomic E-state index is 0.308. The zero-order valence-corrected chi connectivity index (χ0v) is 19.2. The first-order valence-corrected chi connectivity index (χ1v) is 12.2. The summed E-state index contributed by atoms with van der Waals surface area (Å²) in [6.45, 7) is 4.20. The number of rotatable bonds is 7. The average molecular weight is 456 g/mol. The van der Waals surface area contributed by atoms with Crippen molar-refractivity contribution in [3.05, 3.63) is 54.1 Å². The first kappa shape index (κ1) is 23.9. The van der Waals surface area contributed by atoms with E-state index in [0.717, 1.165) is 16.7 Å². The summed E-state index contributed by atoms with van der Waals surface area (Å²) >= 11 is 0. The molecule has 3 N–H and O–H groups in total. The first-order valence-electron chi connectivity index (χ1n) is 10.7. The van der Waals surface area contributed by atoms with Gasteiger partial charge in [-0.2, -0.15) is 5.26 Å². The Morgan fingerprint density at radius 2 is 1.62 bits per heavy atom. The van der Waals surface area contributed by atoms with Crippen LogP contribution < -0.4 is 11.1 Å². The summed E-state index contributed by atoms with van der Waals surface area (Å²) in [5.74, 6) is -0.319. The van der Waals surface area contributed by atoms with Gasteiger partial charge in [0.15, 0.2) is 9.84 Å². The van der Waals surface area contributed by atoms with E-state index in [4.69, 9.17) is 10.5 Å². The van der Waals surface area contributed by atoms with Crippen molar-refractivity contribution in [1.29, 1.82) is 5.26 Å². The van der Waals surface area contributed by atoms with E-state index in [1.165, 1.54) is 0 Å². The molecule has 1 saturated heterocycles. The van der Waals surface area contributed by atoms with Gasteiger partial charge in [-0.05, 0) is 55.5 Å². The third-order valence-corrected chi connectivity index (χ3v) is 8.00. The van der Waals surface area contributed by atoms with Crippen LogP contribution in [0.2, 0.25) is 0 Å². The van der Waals surface area contributed by atoms with Gasteiger partial charge >= 0.3 is 0 Å². The average Bonchev–Trinajstić information content (AvgIpc) is 2.79. The van der Waals surface area contributed by atoms with E-state index < -0.39 is 26.7 Å². The third kappa shape index (κ3) is 5.36. The fraction of sp³-hybridized carbons (Fsp3) is 0.417. The number of carbonyl (C=O) groups is 1. The van der Waals surface area contributed by atoms with E-state index in [9.17, 15) is 18.5 Å². The molecule has 2 aromatic carbocycles. The molecule has 0 aliphatic carbocycles. The van der Waals surface area contributed by atoms with E-state index in [2.05, 4.69) is 11.4 Å². The molecule has 1 atom stereocenters. The molecule has 3 rings (SSSR count).